The monoisotopic (exact) mass is 476 g/mol. The van der Waals surface area contributed by atoms with Gasteiger partial charge in [-0.2, -0.15) is 0 Å². The molecule has 2 rings (SSSR count). The molecule has 7 nitrogen and oxygen atoms in total. The van der Waals surface area contributed by atoms with Gasteiger partial charge in [0.2, 0.25) is 10.0 Å². The lowest BCUT2D eigenvalue weighted by atomic mass is 10.1. The van der Waals surface area contributed by atoms with Crippen LogP contribution in [0.1, 0.15) is 20.7 Å². The molecule has 0 atom stereocenters. The third kappa shape index (κ3) is 4.37. The van der Waals surface area contributed by atoms with Crippen LogP contribution in [0.2, 0.25) is 0 Å². The topological polar surface area (TPSA) is 92.8 Å². The minimum atomic E-state index is -3.85. The van der Waals surface area contributed by atoms with Crippen molar-refractivity contribution in [3.05, 3.63) is 57.6 Å². The number of rotatable bonds is 5. The van der Waals surface area contributed by atoms with E-state index in [4.69, 9.17) is 0 Å². The maximum atomic E-state index is 14.0. The number of hydrogen-bond donors (Lipinski definition) is 1. The largest absolute Gasteiger partial charge is 0.465 e. The van der Waals surface area contributed by atoms with Crippen LogP contribution in [0, 0.1) is 11.6 Å². The van der Waals surface area contributed by atoms with E-state index in [0.717, 1.165) is 23.5 Å². The molecule has 0 unspecified atom stereocenters. The molecule has 28 heavy (non-hydrogen) atoms. The molecule has 0 spiro atoms. The van der Waals surface area contributed by atoms with Crippen molar-refractivity contribution in [3.63, 3.8) is 0 Å². The number of hydrogen-bond acceptors (Lipinski definition) is 5. The van der Waals surface area contributed by atoms with Gasteiger partial charge < -0.3 is 10.1 Å². The summed E-state index contributed by atoms with van der Waals surface area (Å²) in [6, 6.07) is 5.01. The molecule has 0 saturated carbocycles. The predicted molar refractivity (Wildman–Crippen MR) is 101 cm³/mol. The summed E-state index contributed by atoms with van der Waals surface area (Å²) in [4.78, 5) is 23.8. The third-order valence-corrected chi connectivity index (χ3v) is 6.47. The molecule has 0 saturated heterocycles. The molecule has 0 aliphatic heterocycles. The van der Waals surface area contributed by atoms with Gasteiger partial charge in [-0.25, -0.2) is 26.3 Å². The fraction of sp³-hybridized carbons (Fsp3) is 0.176. The van der Waals surface area contributed by atoms with Gasteiger partial charge in [0.05, 0.1) is 23.3 Å². The Balaban J connectivity index is 2.43. The van der Waals surface area contributed by atoms with Crippen LogP contribution < -0.4 is 5.32 Å². The SMILES string of the molecule is COC(=O)c1cc(NC(=O)c2ccc(Br)c(S(=O)(=O)N(C)C)c2)c(F)cc1F. The first-order valence-electron chi connectivity index (χ1n) is 7.59. The summed E-state index contributed by atoms with van der Waals surface area (Å²) < 4.78 is 58.0. The first kappa shape index (κ1) is 21.9. The van der Waals surface area contributed by atoms with E-state index < -0.39 is 44.8 Å². The number of nitrogens with one attached hydrogen (secondary N) is 1. The molecule has 0 bridgehead atoms. The Morgan fingerprint density at radius 1 is 1.11 bits per heavy atom. The number of halogens is 3. The molecule has 2 aromatic carbocycles. The molecule has 0 aliphatic carbocycles. The molecule has 0 heterocycles. The number of benzene rings is 2. The normalized spacial score (nSPS) is 11.4. The van der Waals surface area contributed by atoms with E-state index in [1.54, 1.807) is 0 Å². The van der Waals surface area contributed by atoms with Crippen molar-refractivity contribution in [2.24, 2.45) is 0 Å². The number of amides is 1. The summed E-state index contributed by atoms with van der Waals surface area (Å²) in [6.45, 7) is 0. The van der Waals surface area contributed by atoms with Crippen molar-refractivity contribution in [2.75, 3.05) is 26.5 Å². The van der Waals surface area contributed by atoms with Crippen LogP contribution in [0.25, 0.3) is 0 Å². The second kappa shape index (κ2) is 8.33. The molecular weight excluding hydrogens is 462 g/mol. The van der Waals surface area contributed by atoms with Crippen molar-refractivity contribution >= 4 is 43.5 Å². The van der Waals surface area contributed by atoms with Crippen LogP contribution in [0.3, 0.4) is 0 Å². The summed E-state index contributed by atoms with van der Waals surface area (Å²) in [5, 5.41) is 2.19. The van der Waals surface area contributed by atoms with E-state index in [2.05, 4.69) is 26.0 Å². The minimum Gasteiger partial charge on any atom is -0.465 e. The predicted octanol–water partition coefficient (Wildman–Crippen LogP) is 3.02. The Morgan fingerprint density at radius 2 is 1.75 bits per heavy atom. The van der Waals surface area contributed by atoms with E-state index >= 15 is 0 Å². The smallest absolute Gasteiger partial charge is 0.340 e. The summed E-state index contributed by atoms with van der Waals surface area (Å²) in [5.41, 5.74) is -1.12. The molecule has 0 fully saturated rings. The maximum Gasteiger partial charge on any atom is 0.340 e. The fourth-order valence-corrected chi connectivity index (χ4v) is 3.99. The summed E-state index contributed by atoms with van der Waals surface area (Å²) in [5.74, 6) is -4.16. The second-order valence-corrected chi connectivity index (χ2v) is 8.66. The second-order valence-electron chi connectivity index (χ2n) is 5.69. The minimum absolute atomic E-state index is 0.0908. The number of carbonyl (C=O) groups is 2. The van der Waals surface area contributed by atoms with Crippen LogP contribution in [0.4, 0.5) is 14.5 Å². The highest BCUT2D eigenvalue weighted by Crippen LogP contribution is 2.26. The van der Waals surface area contributed by atoms with Gasteiger partial charge in [-0.05, 0) is 40.2 Å². The summed E-state index contributed by atoms with van der Waals surface area (Å²) >= 11 is 3.11. The number of sulfonamides is 1. The van der Waals surface area contributed by atoms with Crippen LogP contribution >= 0.6 is 15.9 Å². The van der Waals surface area contributed by atoms with Gasteiger partial charge in [0.25, 0.3) is 5.91 Å². The zero-order valence-corrected chi connectivity index (χ0v) is 17.3. The molecule has 1 amide bonds. The molecule has 1 N–H and O–H groups in total. The van der Waals surface area contributed by atoms with Gasteiger partial charge in [-0.15, -0.1) is 0 Å². The van der Waals surface area contributed by atoms with E-state index in [0.29, 0.717) is 6.07 Å². The van der Waals surface area contributed by atoms with Gasteiger partial charge in [0, 0.05) is 30.2 Å². The molecule has 0 radical (unpaired) electrons. The Kier molecular flexibility index (Phi) is 6.52. The van der Waals surface area contributed by atoms with Gasteiger partial charge >= 0.3 is 5.97 Å². The summed E-state index contributed by atoms with van der Waals surface area (Å²) in [6.07, 6.45) is 0. The molecule has 2 aromatic rings. The Hall–Kier alpha value is -2.37. The van der Waals surface area contributed by atoms with E-state index in [-0.39, 0.29) is 14.9 Å². The van der Waals surface area contributed by atoms with Gasteiger partial charge in [0.15, 0.2) is 0 Å². The fourth-order valence-electron chi connectivity index (χ4n) is 2.14. The van der Waals surface area contributed by atoms with Crippen molar-refractivity contribution < 1.29 is 31.5 Å². The van der Waals surface area contributed by atoms with Crippen LogP contribution in [0.5, 0.6) is 0 Å². The number of methoxy groups -OCH3 is 1. The third-order valence-electron chi connectivity index (χ3n) is 3.66. The molecule has 150 valence electrons. The highest BCUT2D eigenvalue weighted by atomic mass is 79.9. The number of esters is 1. The number of anilines is 1. The number of ether oxygens (including phenoxy) is 1. The summed E-state index contributed by atoms with van der Waals surface area (Å²) in [7, 11) is -0.164. The van der Waals surface area contributed by atoms with Gasteiger partial charge in [0.1, 0.15) is 11.6 Å². The zero-order chi connectivity index (χ0) is 21.2. The van der Waals surface area contributed by atoms with E-state index in [1.807, 2.05) is 0 Å². The lowest BCUT2D eigenvalue weighted by Crippen LogP contribution is -2.23. The molecule has 0 aliphatic rings. The first-order chi connectivity index (χ1) is 13.0. The molecule has 0 aromatic heterocycles. The van der Waals surface area contributed by atoms with Crippen LogP contribution in [-0.2, 0) is 14.8 Å². The van der Waals surface area contributed by atoms with E-state index in [1.165, 1.54) is 26.2 Å². The van der Waals surface area contributed by atoms with Crippen molar-refractivity contribution in [1.82, 2.24) is 4.31 Å². The quantitative estimate of drug-likeness (QED) is 0.669. The lowest BCUT2D eigenvalue weighted by molar-refractivity contribution is 0.0595. The Bertz CT molecular complexity index is 1060. The zero-order valence-electron chi connectivity index (χ0n) is 14.9. The number of nitrogens with zero attached hydrogens (tertiary/aromatic N) is 1. The average molecular weight is 477 g/mol. The average Bonchev–Trinajstić information content (AvgIpc) is 2.63. The highest BCUT2D eigenvalue weighted by molar-refractivity contribution is 9.10. The van der Waals surface area contributed by atoms with Gasteiger partial charge in [-0.1, -0.05) is 0 Å². The number of carbonyl (C=O) groups excluding carboxylic acids is 2. The van der Waals surface area contributed by atoms with Crippen LogP contribution in [-0.4, -0.2) is 45.8 Å². The Labute approximate surface area is 168 Å². The maximum absolute atomic E-state index is 14.0. The van der Waals surface area contributed by atoms with E-state index in [9.17, 15) is 26.8 Å². The Morgan fingerprint density at radius 3 is 2.32 bits per heavy atom. The van der Waals surface area contributed by atoms with Gasteiger partial charge in [-0.3, -0.25) is 4.79 Å². The first-order valence-corrected chi connectivity index (χ1v) is 9.83. The van der Waals surface area contributed by atoms with Crippen molar-refractivity contribution in [1.29, 1.82) is 0 Å². The van der Waals surface area contributed by atoms with Crippen molar-refractivity contribution in [2.45, 2.75) is 4.90 Å². The standard InChI is InChI=1S/C17H15BrF2N2O5S/c1-22(2)28(25,26)15-6-9(4-5-11(15)18)16(23)21-14-7-10(17(24)27-3)12(19)8-13(14)20/h4-8H,1-3H3,(H,21,23). The van der Waals surface area contributed by atoms with Crippen LogP contribution in [0.15, 0.2) is 39.7 Å². The van der Waals surface area contributed by atoms with Crippen molar-refractivity contribution in [3.8, 4) is 0 Å². The molecule has 11 heteroatoms. The lowest BCUT2D eigenvalue weighted by Gasteiger charge is -2.14. The highest BCUT2D eigenvalue weighted by Gasteiger charge is 2.23. The molecular formula is C17H15BrF2N2O5S.